The molecule has 3 heterocycles. The van der Waals surface area contributed by atoms with Crippen LogP contribution in [0.25, 0.3) is 11.0 Å². The van der Waals surface area contributed by atoms with Gasteiger partial charge in [0.05, 0.1) is 12.5 Å². The van der Waals surface area contributed by atoms with E-state index in [2.05, 4.69) is 28.2 Å². The van der Waals surface area contributed by atoms with Crippen molar-refractivity contribution in [3.63, 3.8) is 0 Å². The van der Waals surface area contributed by atoms with Crippen molar-refractivity contribution < 1.29 is 4.74 Å². The Labute approximate surface area is 147 Å². The Morgan fingerprint density at radius 2 is 1.92 bits per heavy atom. The molecule has 0 bridgehead atoms. The van der Waals surface area contributed by atoms with Crippen LogP contribution in [0.5, 0.6) is 5.75 Å². The Morgan fingerprint density at radius 1 is 1.12 bits per heavy atom. The standard InChI is InChI=1S/C19H23N5O/c1-12-10-14(25-3)6-7-16(12)21-18-15-11-13(2)20-17(15)22-19(23-18)24-8-4-5-9-24/h6-7,10-11H,4-5,8-9H2,1-3H3,(H2,20,21,22,23). The third-order valence-corrected chi connectivity index (χ3v) is 4.69. The Morgan fingerprint density at radius 3 is 2.64 bits per heavy atom. The summed E-state index contributed by atoms with van der Waals surface area (Å²) in [6, 6.07) is 8.09. The number of fused-ring (bicyclic) bond motifs is 1. The maximum Gasteiger partial charge on any atom is 0.229 e. The number of aryl methyl sites for hydroxylation is 2. The summed E-state index contributed by atoms with van der Waals surface area (Å²) in [5, 5.41) is 4.50. The first-order valence-corrected chi connectivity index (χ1v) is 8.68. The molecule has 0 spiro atoms. The van der Waals surface area contributed by atoms with Crippen molar-refractivity contribution in [1.29, 1.82) is 0 Å². The first kappa shape index (κ1) is 15.7. The molecule has 1 aliphatic heterocycles. The van der Waals surface area contributed by atoms with Gasteiger partial charge in [-0.15, -0.1) is 0 Å². The van der Waals surface area contributed by atoms with Gasteiger partial charge in [0.1, 0.15) is 17.2 Å². The Kier molecular flexibility index (Phi) is 3.95. The van der Waals surface area contributed by atoms with Crippen LogP contribution in [-0.4, -0.2) is 35.2 Å². The van der Waals surface area contributed by atoms with E-state index in [1.54, 1.807) is 7.11 Å². The zero-order chi connectivity index (χ0) is 17.4. The topological polar surface area (TPSA) is 66.1 Å². The van der Waals surface area contributed by atoms with Crippen molar-refractivity contribution in [3.8, 4) is 5.75 Å². The van der Waals surface area contributed by atoms with Crippen LogP contribution in [0.3, 0.4) is 0 Å². The number of H-pyrrole nitrogens is 1. The molecule has 1 saturated heterocycles. The van der Waals surface area contributed by atoms with E-state index in [1.165, 1.54) is 12.8 Å². The molecule has 2 aromatic heterocycles. The highest BCUT2D eigenvalue weighted by Gasteiger charge is 2.18. The van der Waals surface area contributed by atoms with Crippen LogP contribution in [0, 0.1) is 13.8 Å². The summed E-state index contributed by atoms with van der Waals surface area (Å²) in [6.45, 7) is 6.14. The maximum atomic E-state index is 5.30. The highest BCUT2D eigenvalue weighted by molar-refractivity contribution is 5.91. The van der Waals surface area contributed by atoms with Crippen LogP contribution in [0.2, 0.25) is 0 Å². The van der Waals surface area contributed by atoms with Gasteiger partial charge in [0.15, 0.2) is 0 Å². The summed E-state index contributed by atoms with van der Waals surface area (Å²) >= 11 is 0. The van der Waals surface area contributed by atoms with Crippen molar-refractivity contribution in [2.75, 3.05) is 30.4 Å². The molecule has 0 atom stereocenters. The van der Waals surface area contributed by atoms with Gasteiger partial charge in [0.25, 0.3) is 0 Å². The number of rotatable bonds is 4. The number of aromatic nitrogens is 3. The monoisotopic (exact) mass is 337 g/mol. The number of hydrogen-bond donors (Lipinski definition) is 2. The predicted molar refractivity (Wildman–Crippen MR) is 101 cm³/mol. The van der Waals surface area contributed by atoms with Gasteiger partial charge in [-0.1, -0.05) is 0 Å². The lowest BCUT2D eigenvalue weighted by molar-refractivity contribution is 0.414. The zero-order valence-electron chi connectivity index (χ0n) is 14.9. The van der Waals surface area contributed by atoms with Crippen LogP contribution >= 0.6 is 0 Å². The Hall–Kier alpha value is -2.76. The van der Waals surface area contributed by atoms with Gasteiger partial charge in [-0.3, -0.25) is 0 Å². The highest BCUT2D eigenvalue weighted by atomic mass is 16.5. The lowest BCUT2D eigenvalue weighted by Crippen LogP contribution is -2.20. The number of hydrogen-bond acceptors (Lipinski definition) is 5. The molecule has 0 aliphatic carbocycles. The second kappa shape index (κ2) is 6.27. The minimum absolute atomic E-state index is 0.792. The van der Waals surface area contributed by atoms with Gasteiger partial charge in [0.2, 0.25) is 5.95 Å². The van der Waals surface area contributed by atoms with Gasteiger partial charge >= 0.3 is 0 Å². The minimum atomic E-state index is 0.792. The molecule has 1 aromatic carbocycles. The summed E-state index contributed by atoms with van der Waals surface area (Å²) < 4.78 is 5.30. The SMILES string of the molecule is COc1ccc(Nc2nc(N3CCCC3)nc3[nH]c(C)cc23)c(C)c1. The van der Waals surface area contributed by atoms with Crippen LogP contribution < -0.4 is 15.0 Å². The largest absolute Gasteiger partial charge is 0.497 e. The normalized spacial score (nSPS) is 14.3. The molecule has 1 fully saturated rings. The van der Waals surface area contributed by atoms with Crippen molar-refractivity contribution in [2.45, 2.75) is 26.7 Å². The number of nitrogens with one attached hydrogen (secondary N) is 2. The van der Waals surface area contributed by atoms with Crippen molar-refractivity contribution >= 4 is 28.5 Å². The Balaban J connectivity index is 1.76. The molecule has 6 heteroatoms. The number of methoxy groups -OCH3 is 1. The lowest BCUT2D eigenvalue weighted by Gasteiger charge is -2.17. The number of nitrogens with zero attached hydrogens (tertiary/aromatic N) is 3. The van der Waals surface area contributed by atoms with Gasteiger partial charge < -0.3 is 19.9 Å². The fourth-order valence-corrected chi connectivity index (χ4v) is 3.31. The highest BCUT2D eigenvalue weighted by Crippen LogP contribution is 2.30. The summed E-state index contributed by atoms with van der Waals surface area (Å²) in [5.74, 6) is 2.48. The van der Waals surface area contributed by atoms with Crippen LogP contribution in [0.1, 0.15) is 24.1 Å². The number of anilines is 3. The first-order chi connectivity index (χ1) is 12.1. The molecule has 130 valence electrons. The Bertz CT molecular complexity index is 912. The molecular formula is C19H23N5O. The van der Waals surface area contributed by atoms with E-state index >= 15 is 0 Å². The van der Waals surface area contributed by atoms with Gasteiger partial charge in [-0.05, 0) is 56.5 Å². The molecule has 0 unspecified atom stereocenters. The van der Waals surface area contributed by atoms with E-state index < -0.39 is 0 Å². The summed E-state index contributed by atoms with van der Waals surface area (Å²) in [6.07, 6.45) is 2.40. The summed E-state index contributed by atoms with van der Waals surface area (Å²) in [4.78, 5) is 15.2. The summed E-state index contributed by atoms with van der Waals surface area (Å²) in [5.41, 5.74) is 4.09. The molecule has 0 saturated carbocycles. The van der Waals surface area contributed by atoms with Crippen LogP contribution in [-0.2, 0) is 0 Å². The molecule has 0 amide bonds. The summed E-state index contributed by atoms with van der Waals surface area (Å²) in [7, 11) is 1.68. The predicted octanol–water partition coefficient (Wildman–Crippen LogP) is 3.93. The molecule has 6 nitrogen and oxygen atoms in total. The minimum Gasteiger partial charge on any atom is -0.497 e. The number of aromatic amines is 1. The zero-order valence-corrected chi connectivity index (χ0v) is 14.9. The third-order valence-electron chi connectivity index (χ3n) is 4.69. The second-order valence-electron chi connectivity index (χ2n) is 6.59. The van der Waals surface area contributed by atoms with Crippen molar-refractivity contribution in [2.24, 2.45) is 0 Å². The van der Waals surface area contributed by atoms with Gasteiger partial charge in [-0.25, -0.2) is 0 Å². The fourth-order valence-electron chi connectivity index (χ4n) is 3.31. The first-order valence-electron chi connectivity index (χ1n) is 8.68. The molecular weight excluding hydrogens is 314 g/mol. The van der Waals surface area contributed by atoms with E-state index in [0.29, 0.717) is 0 Å². The van der Waals surface area contributed by atoms with Gasteiger partial charge in [-0.2, -0.15) is 9.97 Å². The molecule has 2 N–H and O–H groups in total. The molecule has 1 aliphatic rings. The van der Waals surface area contributed by atoms with Crippen LogP contribution in [0.15, 0.2) is 24.3 Å². The molecule has 3 aromatic rings. The quantitative estimate of drug-likeness (QED) is 0.755. The van der Waals surface area contributed by atoms with Crippen molar-refractivity contribution in [3.05, 3.63) is 35.5 Å². The van der Waals surface area contributed by atoms with E-state index in [4.69, 9.17) is 14.7 Å². The molecule has 4 rings (SSSR count). The second-order valence-corrected chi connectivity index (χ2v) is 6.59. The maximum absolute atomic E-state index is 5.30. The van der Waals surface area contributed by atoms with E-state index in [0.717, 1.165) is 58.6 Å². The lowest BCUT2D eigenvalue weighted by atomic mass is 10.2. The van der Waals surface area contributed by atoms with E-state index in [1.807, 2.05) is 25.1 Å². The molecule has 25 heavy (non-hydrogen) atoms. The number of ether oxygens (including phenoxy) is 1. The smallest absolute Gasteiger partial charge is 0.229 e. The average molecular weight is 337 g/mol. The van der Waals surface area contributed by atoms with E-state index in [9.17, 15) is 0 Å². The van der Waals surface area contributed by atoms with E-state index in [-0.39, 0.29) is 0 Å². The van der Waals surface area contributed by atoms with Gasteiger partial charge in [0, 0.05) is 24.5 Å². The average Bonchev–Trinajstić information content (AvgIpc) is 3.25. The third kappa shape index (κ3) is 2.99. The number of benzene rings is 1. The molecule has 0 radical (unpaired) electrons. The van der Waals surface area contributed by atoms with Crippen molar-refractivity contribution in [1.82, 2.24) is 15.0 Å². The fraction of sp³-hybridized carbons (Fsp3) is 0.368. The van der Waals surface area contributed by atoms with Crippen LogP contribution in [0.4, 0.5) is 17.5 Å².